The van der Waals surface area contributed by atoms with Crippen LogP contribution in [0.5, 0.6) is 0 Å². The summed E-state index contributed by atoms with van der Waals surface area (Å²) in [6.07, 6.45) is 7.05. The number of aromatic nitrogens is 6. The SMILES string of the molecule is CN(N)c1cc(Nc2nc3c(-c4cnn(C)c4)nccn3n2)ccc1N. The van der Waals surface area contributed by atoms with Gasteiger partial charge in [-0.3, -0.25) is 9.67 Å². The summed E-state index contributed by atoms with van der Waals surface area (Å²) in [7, 11) is 3.58. The second kappa shape index (κ2) is 6.01. The number of hydrazine groups is 1. The summed E-state index contributed by atoms with van der Waals surface area (Å²) in [5.41, 5.74) is 10.2. The van der Waals surface area contributed by atoms with Gasteiger partial charge in [-0.2, -0.15) is 10.1 Å². The Morgan fingerprint density at radius 2 is 2.12 bits per heavy atom. The minimum absolute atomic E-state index is 0.443. The summed E-state index contributed by atoms with van der Waals surface area (Å²) >= 11 is 0. The molecule has 0 aliphatic carbocycles. The lowest BCUT2D eigenvalue weighted by atomic mass is 10.2. The molecule has 0 spiro atoms. The Balaban J connectivity index is 1.71. The Morgan fingerprint density at radius 3 is 2.85 bits per heavy atom. The standard InChI is InChI=1S/C16H18N10/c1-24-9-10(8-20-24)14-15-22-16(23-26(15)6-5-19-14)21-11-3-4-12(17)13(7-11)25(2)18/h3-9H,17-18H2,1-2H3,(H,21,23). The van der Waals surface area contributed by atoms with Crippen LogP contribution in [0.15, 0.2) is 43.0 Å². The molecule has 1 aromatic carbocycles. The number of hydrogen-bond donors (Lipinski definition) is 3. The molecule has 0 atom stereocenters. The number of nitrogen functional groups attached to an aromatic ring is 1. The maximum atomic E-state index is 5.93. The van der Waals surface area contributed by atoms with E-state index in [2.05, 4.69) is 25.5 Å². The van der Waals surface area contributed by atoms with Crippen molar-refractivity contribution in [3.63, 3.8) is 0 Å². The molecule has 0 bridgehead atoms. The zero-order chi connectivity index (χ0) is 18.3. The van der Waals surface area contributed by atoms with E-state index < -0.39 is 0 Å². The molecular formula is C16H18N10. The van der Waals surface area contributed by atoms with Crippen molar-refractivity contribution < 1.29 is 0 Å². The van der Waals surface area contributed by atoms with Crippen LogP contribution in [-0.2, 0) is 7.05 Å². The highest BCUT2D eigenvalue weighted by Gasteiger charge is 2.13. The van der Waals surface area contributed by atoms with Crippen LogP contribution in [0, 0.1) is 0 Å². The fraction of sp³-hybridized carbons (Fsp3) is 0.125. The second-order valence-corrected chi connectivity index (χ2v) is 5.89. The summed E-state index contributed by atoms with van der Waals surface area (Å²) in [5.74, 6) is 6.24. The fourth-order valence-electron chi connectivity index (χ4n) is 2.67. The van der Waals surface area contributed by atoms with Crippen LogP contribution in [0.1, 0.15) is 0 Å². The first-order valence-electron chi connectivity index (χ1n) is 7.86. The van der Waals surface area contributed by atoms with Gasteiger partial charge in [-0.15, -0.1) is 5.10 Å². The highest BCUT2D eigenvalue weighted by molar-refractivity contribution is 5.76. The van der Waals surface area contributed by atoms with Crippen molar-refractivity contribution in [2.24, 2.45) is 12.9 Å². The first-order chi connectivity index (χ1) is 12.5. The van der Waals surface area contributed by atoms with Gasteiger partial charge in [-0.25, -0.2) is 10.4 Å². The van der Waals surface area contributed by atoms with E-state index in [9.17, 15) is 0 Å². The number of aryl methyl sites for hydroxylation is 1. The number of nitrogens with zero attached hydrogens (tertiary/aromatic N) is 7. The van der Waals surface area contributed by atoms with E-state index in [1.54, 1.807) is 40.9 Å². The Morgan fingerprint density at radius 1 is 1.27 bits per heavy atom. The Hall–Kier alpha value is -3.66. The Kier molecular flexibility index (Phi) is 3.66. The number of fused-ring (bicyclic) bond motifs is 1. The zero-order valence-electron chi connectivity index (χ0n) is 14.3. The van der Waals surface area contributed by atoms with Gasteiger partial charge in [0.15, 0.2) is 5.65 Å². The van der Waals surface area contributed by atoms with Crippen LogP contribution in [0.25, 0.3) is 16.9 Å². The van der Waals surface area contributed by atoms with E-state index in [0.29, 0.717) is 28.7 Å². The van der Waals surface area contributed by atoms with Crippen LogP contribution < -0.4 is 21.9 Å². The van der Waals surface area contributed by atoms with E-state index >= 15 is 0 Å². The van der Waals surface area contributed by atoms with Crippen LogP contribution in [-0.4, -0.2) is 36.4 Å². The number of nitrogens with two attached hydrogens (primary N) is 2. The highest BCUT2D eigenvalue weighted by Crippen LogP contribution is 2.27. The topological polar surface area (TPSA) is 128 Å². The molecular weight excluding hydrogens is 332 g/mol. The van der Waals surface area contributed by atoms with Gasteiger partial charge in [0.05, 0.1) is 17.6 Å². The number of hydrogen-bond acceptors (Lipinski definition) is 8. The molecule has 0 saturated heterocycles. The summed E-state index contributed by atoms with van der Waals surface area (Å²) in [6, 6.07) is 5.45. The fourth-order valence-corrected chi connectivity index (χ4v) is 2.67. The molecule has 0 unspecified atom stereocenters. The molecule has 5 N–H and O–H groups in total. The van der Waals surface area contributed by atoms with E-state index in [0.717, 1.165) is 11.3 Å². The predicted octanol–water partition coefficient (Wildman–Crippen LogP) is 1.16. The van der Waals surface area contributed by atoms with Gasteiger partial charge in [0.25, 0.3) is 0 Å². The van der Waals surface area contributed by atoms with Crippen molar-refractivity contribution in [2.45, 2.75) is 0 Å². The number of nitrogens with one attached hydrogen (secondary N) is 1. The van der Waals surface area contributed by atoms with E-state index in [1.807, 2.05) is 25.4 Å². The van der Waals surface area contributed by atoms with Crippen LogP contribution in [0.3, 0.4) is 0 Å². The first-order valence-corrected chi connectivity index (χ1v) is 7.86. The van der Waals surface area contributed by atoms with Crippen molar-refractivity contribution in [2.75, 3.05) is 23.1 Å². The molecule has 0 radical (unpaired) electrons. The molecule has 0 fully saturated rings. The lowest BCUT2D eigenvalue weighted by molar-refractivity contribution is 0.768. The summed E-state index contributed by atoms with van der Waals surface area (Å²) in [5, 5.41) is 13.3. The molecule has 3 heterocycles. The third kappa shape index (κ3) is 2.78. The quantitative estimate of drug-likeness (QED) is 0.284. The van der Waals surface area contributed by atoms with Crippen molar-refractivity contribution >= 4 is 28.7 Å². The van der Waals surface area contributed by atoms with Crippen molar-refractivity contribution in [1.29, 1.82) is 0 Å². The van der Waals surface area contributed by atoms with Crippen LogP contribution >= 0.6 is 0 Å². The summed E-state index contributed by atoms with van der Waals surface area (Å²) in [4.78, 5) is 8.97. The van der Waals surface area contributed by atoms with Gasteiger partial charge in [0.2, 0.25) is 5.95 Å². The van der Waals surface area contributed by atoms with Gasteiger partial charge in [-0.05, 0) is 18.2 Å². The predicted molar refractivity (Wildman–Crippen MR) is 99.7 cm³/mol. The van der Waals surface area contributed by atoms with Crippen LogP contribution in [0.4, 0.5) is 23.0 Å². The van der Waals surface area contributed by atoms with Gasteiger partial charge in [0.1, 0.15) is 5.69 Å². The molecule has 26 heavy (non-hydrogen) atoms. The Bertz CT molecular complexity index is 1080. The van der Waals surface area contributed by atoms with Gasteiger partial charge in [-0.1, -0.05) is 0 Å². The molecule has 0 amide bonds. The zero-order valence-corrected chi connectivity index (χ0v) is 14.3. The van der Waals surface area contributed by atoms with Crippen molar-refractivity contribution in [3.05, 3.63) is 43.0 Å². The Labute approximate surface area is 149 Å². The molecule has 132 valence electrons. The van der Waals surface area contributed by atoms with E-state index in [4.69, 9.17) is 11.6 Å². The minimum atomic E-state index is 0.443. The average molecular weight is 350 g/mol. The lowest BCUT2D eigenvalue weighted by Crippen LogP contribution is -2.26. The lowest BCUT2D eigenvalue weighted by Gasteiger charge is -2.15. The summed E-state index contributed by atoms with van der Waals surface area (Å²) in [6.45, 7) is 0. The number of benzene rings is 1. The highest BCUT2D eigenvalue weighted by atomic mass is 15.4. The monoisotopic (exact) mass is 350 g/mol. The second-order valence-electron chi connectivity index (χ2n) is 5.89. The minimum Gasteiger partial charge on any atom is -0.397 e. The van der Waals surface area contributed by atoms with Crippen molar-refractivity contribution in [1.82, 2.24) is 29.4 Å². The van der Waals surface area contributed by atoms with Crippen molar-refractivity contribution in [3.8, 4) is 11.3 Å². The van der Waals surface area contributed by atoms with Gasteiger partial charge in [0, 0.05) is 43.9 Å². The normalized spacial score (nSPS) is 11.0. The van der Waals surface area contributed by atoms with Gasteiger partial charge < -0.3 is 16.1 Å². The van der Waals surface area contributed by atoms with Crippen LogP contribution in [0.2, 0.25) is 0 Å². The maximum Gasteiger partial charge on any atom is 0.247 e. The first kappa shape index (κ1) is 15.8. The smallest absolute Gasteiger partial charge is 0.247 e. The molecule has 0 aliphatic heterocycles. The molecule has 10 nitrogen and oxygen atoms in total. The third-order valence-electron chi connectivity index (χ3n) is 3.90. The number of rotatable bonds is 4. The molecule has 4 rings (SSSR count). The molecule has 10 heteroatoms. The molecule has 0 aliphatic rings. The number of anilines is 4. The van der Waals surface area contributed by atoms with E-state index in [1.165, 1.54) is 5.01 Å². The molecule has 4 aromatic rings. The maximum absolute atomic E-state index is 5.93. The summed E-state index contributed by atoms with van der Waals surface area (Å²) < 4.78 is 3.39. The average Bonchev–Trinajstić information content (AvgIpc) is 3.21. The van der Waals surface area contributed by atoms with Gasteiger partial charge >= 0.3 is 0 Å². The third-order valence-corrected chi connectivity index (χ3v) is 3.90. The van der Waals surface area contributed by atoms with E-state index in [-0.39, 0.29) is 0 Å². The largest absolute Gasteiger partial charge is 0.397 e. The molecule has 3 aromatic heterocycles. The molecule has 0 saturated carbocycles.